The molecule has 1 aliphatic carbocycles. The van der Waals surface area contributed by atoms with Crippen LogP contribution in [0, 0.1) is 0 Å². The molecule has 0 aliphatic heterocycles. The molecule has 9 atom stereocenters. The highest BCUT2D eigenvalue weighted by Crippen LogP contribution is 2.49. The third-order valence-electron chi connectivity index (χ3n) is 10.0. The SMILES string of the molecule is CC/C=C\CC(O)/C=C/C=C/C/C=C\C/C=C\C/C=C\CCC(=O)OC[C@H](COP(=O)(O)O[C@H]1C(O)C(O)C(O)[C@@H](OP(=O)(O)O)C1O)OC(=O)CCCCCCC/C=C\CCCCCC. The Bertz CT molecular complexity index is 1620. The van der Waals surface area contributed by atoms with Crippen molar-refractivity contribution in [1.82, 2.24) is 0 Å². The van der Waals surface area contributed by atoms with Gasteiger partial charge < -0.3 is 49.7 Å². The smallest absolute Gasteiger partial charge is 0.462 e. The molecule has 0 amide bonds. The van der Waals surface area contributed by atoms with E-state index < -0.39 is 89.6 Å². The summed E-state index contributed by atoms with van der Waals surface area (Å²) in [5.74, 6) is -1.34. The molecule has 0 radical (unpaired) electrons. The Morgan fingerprint density at radius 2 is 1.14 bits per heavy atom. The van der Waals surface area contributed by atoms with Crippen molar-refractivity contribution in [2.24, 2.45) is 0 Å². The van der Waals surface area contributed by atoms with E-state index in [0.29, 0.717) is 25.7 Å². The van der Waals surface area contributed by atoms with Crippen LogP contribution in [-0.2, 0) is 41.8 Å². The molecule has 66 heavy (non-hydrogen) atoms. The molecule has 0 saturated heterocycles. The Balaban J connectivity index is 2.67. The summed E-state index contributed by atoms with van der Waals surface area (Å²) < 4.78 is 49.2. The lowest BCUT2D eigenvalue weighted by Crippen LogP contribution is -2.64. The predicted molar refractivity (Wildman–Crippen MR) is 251 cm³/mol. The Labute approximate surface area is 391 Å². The summed E-state index contributed by atoms with van der Waals surface area (Å²) in [7, 11) is -10.7. The van der Waals surface area contributed by atoms with Crippen molar-refractivity contribution in [2.45, 2.75) is 185 Å². The average molecular weight is 977 g/mol. The highest BCUT2D eigenvalue weighted by Gasteiger charge is 2.54. The van der Waals surface area contributed by atoms with Gasteiger partial charge in [0.05, 0.1) is 12.7 Å². The zero-order valence-corrected chi connectivity index (χ0v) is 40.5. The van der Waals surface area contributed by atoms with Gasteiger partial charge in [-0.15, -0.1) is 0 Å². The van der Waals surface area contributed by atoms with Gasteiger partial charge in [-0.1, -0.05) is 137 Å². The number of unbranched alkanes of at least 4 members (excludes halogenated alkanes) is 9. The lowest BCUT2D eigenvalue weighted by atomic mass is 9.85. The first-order chi connectivity index (χ1) is 31.5. The number of phosphoric ester groups is 2. The molecule has 1 saturated carbocycles. The first-order valence-electron chi connectivity index (χ1n) is 23.2. The maximum absolute atomic E-state index is 13.0. The molecule has 378 valence electrons. The molecule has 1 aliphatic rings. The fraction of sp³-hybridized carbons (Fsp3) is 0.660. The Hall–Kier alpha value is -2.86. The van der Waals surface area contributed by atoms with Crippen LogP contribution in [0.3, 0.4) is 0 Å². The number of phosphoric acid groups is 2. The second kappa shape index (κ2) is 37.1. The summed E-state index contributed by atoms with van der Waals surface area (Å²) in [5, 5.41) is 51.0. The number of ether oxygens (including phenoxy) is 2. The van der Waals surface area contributed by atoms with Crippen LogP contribution in [0.2, 0.25) is 0 Å². The minimum atomic E-state index is -5.38. The molecule has 17 nitrogen and oxygen atoms in total. The van der Waals surface area contributed by atoms with Gasteiger partial charge in [-0.05, 0) is 70.6 Å². The molecular formula is C47H78O17P2. The maximum Gasteiger partial charge on any atom is 0.472 e. The van der Waals surface area contributed by atoms with Gasteiger partial charge in [0.15, 0.2) is 6.10 Å². The van der Waals surface area contributed by atoms with Gasteiger partial charge in [0.2, 0.25) is 0 Å². The molecule has 0 bridgehead atoms. The van der Waals surface area contributed by atoms with E-state index in [2.05, 4.69) is 23.6 Å². The first kappa shape index (κ1) is 61.2. The van der Waals surface area contributed by atoms with Crippen LogP contribution >= 0.6 is 15.6 Å². The van der Waals surface area contributed by atoms with Crippen molar-refractivity contribution in [1.29, 1.82) is 0 Å². The van der Waals surface area contributed by atoms with Crippen molar-refractivity contribution in [3.8, 4) is 0 Å². The van der Waals surface area contributed by atoms with Crippen molar-refractivity contribution in [3.05, 3.63) is 85.1 Å². The van der Waals surface area contributed by atoms with Gasteiger partial charge in [-0.2, -0.15) is 0 Å². The number of allylic oxidation sites excluding steroid dienone is 12. The van der Waals surface area contributed by atoms with Crippen LogP contribution in [0.5, 0.6) is 0 Å². The number of aliphatic hydroxyl groups excluding tert-OH is 5. The van der Waals surface area contributed by atoms with Crippen molar-refractivity contribution in [3.63, 3.8) is 0 Å². The minimum absolute atomic E-state index is 0.00592. The Morgan fingerprint density at radius 1 is 0.576 bits per heavy atom. The maximum atomic E-state index is 13.0. The van der Waals surface area contributed by atoms with Crippen molar-refractivity contribution in [2.75, 3.05) is 13.2 Å². The monoisotopic (exact) mass is 976 g/mol. The third kappa shape index (κ3) is 31.2. The zero-order valence-electron chi connectivity index (χ0n) is 38.7. The molecule has 19 heteroatoms. The Morgan fingerprint density at radius 3 is 1.76 bits per heavy atom. The lowest BCUT2D eigenvalue weighted by molar-refractivity contribution is -0.216. The Kier molecular flexibility index (Phi) is 34.4. The fourth-order valence-electron chi connectivity index (χ4n) is 6.42. The molecule has 0 heterocycles. The highest BCUT2D eigenvalue weighted by molar-refractivity contribution is 7.47. The predicted octanol–water partition coefficient (Wildman–Crippen LogP) is 7.58. The first-order valence-corrected chi connectivity index (χ1v) is 26.3. The quantitative estimate of drug-likeness (QED) is 0.00979. The van der Waals surface area contributed by atoms with Gasteiger partial charge in [0.25, 0.3) is 0 Å². The number of aliphatic hydroxyl groups is 5. The standard InChI is InChI=1S/C47H78O17P2/c1-3-5-7-8-9-10-11-13-18-21-24-27-31-35-41(50)62-39(37-61-66(58,59)64-47-44(53)42(51)43(52)46(45(47)54)63-65(55,56)57)36-60-40(49)34-30-26-23-20-17-15-12-14-16-19-22-25-29-33-38(48)32-28-6-4-2/h6,10-11,14-17,22-23,25-26,28-29,33,38-39,42-48,51-54H,3-5,7-9,12-13,18-21,24,27,30-32,34-37H2,1-2H3,(H,58,59)(H2,55,56,57)/b11-10-,16-14-,17-15-,25-22+,26-23-,28-6-,33-29+/t38?,39-,42?,43?,44?,45?,46-,47+/m1/s1. The molecule has 0 aromatic heterocycles. The molecule has 0 aromatic carbocycles. The van der Waals surface area contributed by atoms with E-state index in [1.807, 2.05) is 73.8 Å². The summed E-state index contributed by atoms with van der Waals surface area (Å²) in [6.07, 6.45) is 27.4. The average Bonchev–Trinajstić information content (AvgIpc) is 3.26. The van der Waals surface area contributed by atoms with E-state index in [1.165, 1.54) is 25.7 Å². The van der Waals surface area contributed by atoms with Crippen LogP contribution in [0.25, 0.3) is 0 Å². The van der Waals surface area contributed by atoms with Crippen LogP contribution in [0.15, 0.2) is 85.1 Å². The van der Waals surface area contributed by atoms with E-state index in [9.17, 15) is 49.1 Å². The van der Waals surface area contributed by atoms with Crippen LogP contribution in [-0.4, -0.2) is 114 Å². The molecular weight excluding hydrogens is 898 g/mol. The van der Waals surface area contributed by atoms with E-state index in [-0.39, 0.29) is 12.8 Å². The number of carbonyl (C=O) groups excluding carboxylic acids is 2. The number of hydrogen-bond donors (Lipinski definition) is 8. The van der Waals surface area contributed by atoms with Crippen LogP contribution in [0.1, 0.15) is 136 Å². The summed E-state index contributed by atoms with van der Waals surface area (Å²) in [6.45, 7) is 2.79. The molecule has 1 rings (SSSR count). The van der Waals surface area contributed by atoms with E-state index >= 15 is 0 Å². The molecule has 8 N–H and O–H groups in total. The van der Waals surface area contributed by atoms with Gasteiger partial charge in [-0.3, -0.25) is 23.2 Å². The van der Waals surface area contributed by atoms with Gasteiger partial charge in [-0.25, -0.2) is 9.13 Å². The number of carbonyl (C=O) groups is 2. The summed E-state index contributed by atoms with van der Waals surface area (Å²) in [4.78, 5) is 54.2. The number of rotatable bonds is 37. The van der Waals surface area contributed by atoms with E-state index in [0.717, 1.165) is 57.8 Å². The van der Waals surface area contributed by atoms with E-state index in [1.54, 1.807) is 6.08 Å². The van der Waals surface area contributed by atoms with Gasteiger partial charge in [0.1, 0.15) is 43.2 Å². The summed E-state index contributed by atoms with van der Waals surface area (Å²) in [5.41, 5.74) is 0. The summed E-state index contributed by atoms with van der Waals surface area (Å²) in [6, 6.07) is 0. The largest absolute Gasteiger partial charge is 0.472 e. The minimum Gasteiger partial charge on any atom is -0.462 e. The van der Waals surface area contributed by atoms with Crippen molar-refractivity contribution >= 4 is 27.6 Å². The fourth-order valence-corrected chi connectivity index (χ4v) is 7.96. The molecule has 0 spiro atoms. The third-order valence-corrected chi connectivity index (χ3v) is 11.6. The second-order valence-corrected chi connectivity index (χ2v) is 18.5. The van der Waals surface area contributed by atoms with Crippen LogP contribution < -0.4 is 0 Å². The van der Waals surface area contributed by atoms with Crippen molar-refractivity contribution < 1.29 is 82.0 Å². The number of hydrogen-bond acceptors (Lipinski definition) is 14. The molecule has 1 fully saturated rings. The normalized spacial score (nSPS) is 22.8. The second-order valence-electron chi connectivity index (χ2n) is 15.9. The topological polar surface area (TPSA) is 276 Å². The molecule has 6 unspecified atom stereocenters. The zero-order chi connectivity index (χ0) is 49.1. The highest BCUT2D eigenvalue weighted by atomic mass is 31.2. The summed E-state index contributed by atoms with van der Waals surface area (Å²) >= 11 is 0. The number of esters is 2. The van der Waals surface area contributed by atoms with Gasteiger partial charge >= 0.3 is 27.6 Å². The van der Waals surface area contributed by atoms with Crippen LogP contribution in [0.4, 0.5) is 0 Å². The molecule has 0 aromatic rings. The van der Waals surface area contributed by atoms with Gasteiger partial charge in [0, 0.05) is 12.8 Å². The van der Waals surface area contributed by atoms with E-state index in [4.69, 9.17) is 28.3 Å². The lowest BCUT2D eigenvalue weighted by Gasteiger charge is -2.43.